The molecule has 2 N–H and O–H groups in total. The van der Waals surface area contributed by atoms with Gasteiger partial charge in [0.1, 0.15) is 0 Å². The molecule has 1 aliphatic rings. The van der Waals surface area contributed by atoms with Crippen LogP contribution in [0, 0.1) is 0 Å². The van der Waals surface area contributed by atoms with E-state index in [4.69, 9.17) is 0 Å². The maximum Gasteiger partial charge on any atom is 0.0903 e. The molecule has 0 aliphatic carbocycles. The molecule has 1 unspecified atom stereocenters. The van der Waals surface area contributed by atoms with E-state index in [9.17, 15) is 5.21 Å². The molecule has 3 heteroatoms. The highest BCUT2D eigenvalue weighted by Gasteiger charge is 2.48. The molecule has 1 saturated heterocycles. The van der Waals surface area contributed by atoms with E-state index in [1.165, 1.54) is 5.06 Å². The van der Waals surface area contributed by atoms with Gasteiger partial charge in [-0.3, -0.25) is 5.32 Å². The molecular weight excluding hydrogens is 140 g/mol. The van der Waals surface area contributed by atoms with Crippen molar-refractivity contribution < 1.29 is 5.21 Å². The second kappa shape index (κ2) is 2.19. The van der Waals surface area contributed by atoms with E-state index in [-0.39, 0.29) is 11.2 Å². The summed E-state index contributed by atoms with van der Waals surface area (Å²) in [5.41, 5.74) is -0.480. The Balaban J connectivity index is 2.89. The molecule has 1 fully saturated rings. The predicted octanol–water partition coefficient (Wildman–Crippen LogP) is 1.18. The number of nitrogens with zero attached hydrogens (tertiary/aromatic N) is 1. The Morgan fingerprint density at radius 3 is 1.82 bits per heavy atom. The van der Waals surface area contributed by atoms with Crippen LogP contribution < -0.4 is 5.32 Å². The number of hydrogen-bond acceptors (Lipinski definition) is 3. The van der Waals surface area contributed by atoms with Gasteiger partial charge in [-0.1, -0.05) is 0 Å². The van der Waals surface area contributed by atoms with Crippen molar-refractivity contribution in [3.05, 3.63) is 0 Å². The lowest BCUT2D eigenvalue weighted by atomic mass is 9.98. The summed E-state index contributed by atoms with van der Waals surface area (Å²) in [4.78, 5) is 0. The minimum atomic E-state index is -0.303. The Labute approximate surface area is 68.3 Å². The van der Waals surface area contributed by atoms with E-state index >= 15 is 0 Å². The van der Waals surface area contributed by atoms with Gasteiger partial charge in [0.15, 0.2) is 0 Å². The summed E-state index contributed by atoms with van der Waals surface area (Å²) in [7, 11) is 0. The third-order valence-corrected chi connectivity index (χ3v) is 2.70. The minimum Gasteiger partial charge on any atom is -0.312 e. The van der Waals surface area contributed by atoms with Gasteiger partial charge in [0.25, 0.3) is 0 Å². The third kappa shape index (κ3) is 1.17. The fourth-order valence-corrected chi connectivity index (χ4v) is 1.67. The monoisotopic (exact) mass is 158 g/mol. The van der Waals surface area contributed by atoms with Gasteiger partial charge in [-0.2, -0.15) is 5.06 Å². The van der Waals surface area contributed by atoms with Gasteiger partial charge in [0, 0.05) is 6.04 Å². The second-order valence-corrected chi connectivity index (χ2v) is 4.39. The largest absolute Gasteiger partial charge is 0.312 e. The van der Waals surface area contributed by atoms with Crippen LogP contribution in [0.15, 0.2) is 0 Å². The SMILES string of the molecule is CC1NC(C)(C)N(O)C1(C)C. The Bertz CT molecular complexity index is 165. The van der Waals surface area contributed by atoms with Crippen LogP contribution in [0.3, 0.4) is 0 Å². The number of hydrogen-bond donors (Lipinski definition) is 2. The molecule has 0 spiro atoms. The zero-order chi connectivity index (χ0) is 8.86. The highest BCUT2D eigenvalue weighted by atomic mass is 16.5. The van der Waals surface area contributed by atoms with Crippen molar-refractivity contribution in [3.8, 4) is 0 Å². The molecule has 1 atom stereocenters. The van der Waals surface area contributed by atoms with E-state index in [2.05, 4.69) is 12.2 Å². The maximum atomic E-state index is 9.73. The van der Waals surface area contributed by atoms with Gasteiger partial charge in [0.2, 0.25) is 0 Å². The highest BCUT2D eigenvalue weighted by Crippen LogP contribution is 2.31. The van der Waals surface area contributed by atoms with Gasteiger partial charge >= 0.3 is 0 Å². The van der Waals surface area contributed by atoms with Gasteiger partial charge in [-0.05, 0) is 34.6 Å². The first-order valence-corrected chi connectivity index (χ1v) is 4.05. The minimum absolute atomic E-state index is 0.177. The van der Waals surface area contributed by atoms with Crippen molar-refractivity contribution in [2.75, 3.05) is 0 Å². The van der Waals surface area contributed by atoms with Crippen molar-refractivity contribution >= 4 is 0 Å². The molecule has 3 nitrogen and oxygen atoms in total. The normalized spacial score (nSPS) is 36.0. The van der Waals surface area contributed by atoms with Crippen LogP contribution in [0.4, 0.5) is 0 Å². The molecule has 0 radical (unpaired) electrons. The Kier molecular flexibility index (Phi) is 1.78. The molecule has 1 heterocycles. The molecule has 66 valence electrons. The lowest BCUT2D eigenvalue weighted by Gasteiger charge is -2.33. The molecule has 1 rings (SSSR count). The average molecular weight is 158 g/mol. The first kappa shape index (κ1) is 8.97. The van der Waals surface area contributed by atoms with Gasteiger partial charge in [0.05, 0.1) is 11.2 Å². The summed E-state index contributed by atoms with van der Waals surface area (Å²) in [6.45, 7) is 10.1. The summed E-state index contributed by atoms with van der Waals surface area (Å²) in [5, 5.41) is 14.4. The predicted molar refractivity (Wildman–Crippen MR) is 44.4 cm³/mol. The highest BCUT2D eigenvalue weighted by molar-refractivity contribution is 5.01. The van der Waals surface area contributed by atoms with Crippen molar-refractivity contribution in [3.63, 3.8) is 0 Å². The van der Waals surface area contributed by atoms with Crippen molar-refractivity contribution in [1.29, 1.82) is 0 Å². The lowest BCUT2D eigenvalue weighted by Crippen LogP contribution is -2.49. The van der Waals surface area contributed by atoms with Crippen molar-refractivity contribution in [2.45, 2.75) is 51.9 Å². The van der Waals surface area contributed by atoms with E-state index < -0.39 is 0 Å². The fourth-order valence-electron chi connectivity index (χ4n) is 1.67. The molecule has 0 saturated carbocycles. The van der Waals surface area contributed by atoms with Gasteiger partial charge in [-0.15, -0.1) is 0 Å². The smallest absolute Gasteiger partial charge is 0.0903 e. The molecule has 11 heavy (non-hydrogen) atoms. The molecule has 1 aliphatic heterocycles. The van der Waals surface area contributed by atoms with E-state index in [0.717, 1.165) is 0 Å². The zero-order valence-electron chi connectivity index (χ0n) is 7.97. The van der Waals surface area contributed by atoms with Gasteiger partial charge < -0.3 is 5.21 Å². The van der Waals surface area contributed by atoms with Gasteiger partial charge in [-0.25, -0.2) is 0 Å². The molecule has 0 bridgehead atoms. The summed E-state index contributed by atoms with van der Waals surface area (Å²) in [5.74, 6) is 0. The molecule has 0 aromatic heterocycles. The van der Waals surface area contributed by atoms with Crippen LogP contribution >= 0.6 is 0 Å². The second-order valence-electron chi connectivity index (χ2n) is 4.39. The summed E-state index contributed by atoms with van der Waals surface area (Å²) >= 11 is 0. The van der Waals surface area contributed by atoms with Crippen LogP contribution in [-0.2, 0) is 0 Å². The number of hydroxylamine groups is 2. The van der Waals surface area contributed by atoms with Crippen LogP contribution in [0.2, 0.25) is 0 Å². The van der Waals surface area contributed by atoms with E-state index in [1.807, 2.05) is 27.7 Å². The molecule has 0 amide bonds. The maximum absolute atomic E-state index is 9.73. The van der Waals surface area contributed by atoms with Crippen LogP contribution in [0.1, 0.15) is 34.6 Å². The zero-order valence-corrected chi connectivity index (χ0v) is 7.97. The quantitative estimate of drug-likeness (QED) is 0.556. The third-order valence-electron chi connectivity index (χ3n) is 2.70. The average Bonchev–Trinajstić information content (AvgIpc) is 1.94. The Morgan fingerprint density at radius 1 is 1.27 bits per heavy atom. The fraction of sp³-hybridized carbons (Fsp3) is 1.00. The topological polar surface area (TPSA) is 35.5 Å². The Hall–Kier alpha value is -0.120. The molecule has 0 aromatic rings. The molecular formula is C8H18N2O. The summed E-state index contributed by atoms with van der Waals surface area (Å²) in [6.07, 6.45) is 0. The Morgan fingerprint density at radius 2 is 1.73 bits per heavy atom. The summed E-state index contributed by atoms with van der Waals surface area (Å²) < 4.78 is 0. The van der Waals surface area contributed by atoms with Crippen LogP contribution in [0.5, 0.6) is 0 Å². The van der Waals surface area contributed by atoms with Crippen molar-refractivity contribution in [2.24, 2.45) is 0 Å². The first-order chi connectivity index (χ1) is 4.78. The summed E-state index contributed by atoms with van der Waals surface area (Å²) in [6, 6.07) is 0.308. The lowest BCUT2D eigenvalue weighted by molar-refractivity contribution is -0.195. The van der Waals surface area contributed by atoms with Crippen LogP contribution in [-0.4, -0.2) is 27.5 Å². The van der Waals surface area contributed by atoms with Crippen LogP contribution in [0.25, 0.3) is 0 Å². The number of nitrogens with one attached hydrogen (secondary N) is 1. The van der Waals surface area contributed by atoms with Crippen molar-refractivity contribution in [1.82, 2.24) is 10.4 Å². The molecule has 0 aromatic carbocycles. The number of rotatable bonds is 0. The van der Waals surface area contributed by atoms with E-state index in [1.54, 1.807) is 0 Å². The van der Waals surface area contributed by atoms with E-state index in [0.29, 0.717) is 6.04 Å². The first-order valence-electron chi connectivity index (χ1n) is 4.05. The standard InChI is InChI=1S/C8H18N2O/c1-6-7(2,3)10(11)8(4,5)9-6/h6,9,11H,1-5H3.